The lowest BCUT2D eigenvalue weighted by Gasteiger charge is -2.25. The van der Waals surface area contributed by atoms with E-state index in [2.05, 4.69) is 15.7 Å². The van der Waals surface area contributed by atoms with Crippen molar-refractivity contribution in [1.82, 2.24) is 20.0 Å². The fraction of sp³-hybridized carbons (Fsp3) is 0.261. The van der Waals surface area contributed by atoms with Gasteiger partial charge in [0.15, 0.2) is 0 Å². The molecule has 0 saturated heterocycles. The van der Waals surface area contributed by atoms with E-state index in [4.69, 9.17) is 11.6 Å². The maximum atomic E-state index is 14.6. The molecular weight excluding hydrogens is 433 g/mol. The van der Waals surface area contributed by atoms with Crippen molar-refractivity contribution in [2.24, 2.45) is 13.0 Å². The number of anilines is 1. The van der Waals surface area contributed by atoms with Crippen molar-refractivity contribution < 1.29 is 14.0 Å². The molecule has 1 aliphatic carbocycles. The molecule has 2 aromatic rings. The predicted molar refractivity (Wildman–Crippen MR) is 119 cm³/mol. The predicted octanol–water partition coefficient (Wildman–Crippen LogP) is 3.51. The summed E-state index contributed by atoms with van der Waals surface area (Å²) in [5.74, 6) is -0.0612. The quantitative estimate of drug-likeness (QED) is 0.742. The van der Waals surface area contributed by atoms with Gasteiger partial charge in [-0.25, -0.2) is 4.39 Å². The van der Waals surface area contributed by atoms with E-state index in [0.717, 1.165) is 35.4 Å². The van der Waals surface area contributed by atoms with E-state index in [1.165, 1.54) is 11.0 Å². The summed E-state index contributed by atoms with van der Waals surface area (Å²) >= 11 is 6.43. The molecule has 2 aliphatic heterocycles. The van der Waals surface area contributed by atoms with Crippen LogP contribution in [0.5, 0.6) is 0 Å². The lowest BCUT2D eigenvalue weighted by Crippen LogP contribution is -2.30. The first kappa shape index (κ1) is 20.5. The van der Waals surface area contributed by atoms with Gasteiger partial charge in [0.25, 0.3) is 5.91 Å². The van der Waals surface area contributed by atoms with Gasteiger partial charge in [0, 0.05) is 54.2 Å². The van der Waals surface area contributed by atoms with Crippen LogP contribution in [0, 0.1) is 11.7 Å². The summed E-state index contributed by atoms with van der Waals surface area (Å²) in [6, 6.07) is 4.34. The number of aryl methyl sites for hydroxylation is 1. The standard InChI is InChI=1S/C23H21ClFN5O2/c1-29-21-17(10-28-29)18-12-30(7-6-16(18)19(24)11-26-21)23(32)14-4-5-15(20(25)8-14)9-27-22(31)13-2-3-13/h4-8,10-11,13,26H,2-3,9,12H2,1H3,(H,27,31). The van der Waals surface area contributed by atoms with Gasteiger partial charge in [0.05, 0.1) is 17.8 Å². The number of halogens is 2. The molecule has 5 rings (SSSR count). The molecule has 1 saturated carbocycles. The van der Waals surface area contributed by atoms with Gasteiger partial charge in [-0.2, -0.15) is 5.10 Å². The number of aromatic nitrogens is 2. The van der Waals surface area contributed by atoms with Gasteiger partial charge in [-0.15, -0.1) is 0 Å². The molecule has 3 heterocycles. The third-order valence-corrected chi connectivity index (χ3v) is 6.21. The lowest BCUT2D eigenvalue weighted by molar-refractivity contribution is -0.122. The number of nitrogens with zero attached hydrogens (tertiary/aromatic N) is 3. The van der Waals surface area contributed by atoms with Crippen molar-refractivity contribution in [1.29, 1.82) is 0 Å². The second-order valence-electron chi connectivity index (χ2n) is 8.11. The molecule has 0 unspecified atom stereocenters. The number of amides is 2. The topological polar surface area (TPSA) is 79.3 Å². The fourth-order valence-electron chi connectivity index (χ4n) is 3.87. The number of allylic oxidation sites excluding steroid dienone is 3. The molecule has 0 spiro atoms. The van der Waals surface area contributed by atoms with Gasteiger partial charge in [-0.3, -0.25) is 14.3 Å². The largest absolute Gasteiger partial charge is 0.352 e. The summed E-state index contributed by atoms with van der Waals surface area (Å²) in [5, 5.41) is 10.7. The highest BCUT2D eigenvalue weighted by Crippen LogP contribution is 2.37. The van der Waals surface area contributed by atoms with E-state index in [-0.39, 0.29) is 36.4 Å². The van der Waals surface area contributed by atoms with Gasteiger partial charge in [-0.05, 0) is 36.6 Å². The van der Waals surface area contributed by atoms with E-state index in [1.54, 1.807) is 41.5 Å². The Morgan fingerprint density at radius 3 is 2.91 bits per heavy atom. The molecule has 1 aromatic carbocycles. The van der Waals surface area contributed by atoms with Crippen LogP contribution in [0.25, 0.3) is 5.57 Å². The first-order valence-electron chi connectivity index (χ1n) is 10.4. The molecule has 7 nitrogen and oxygen atoms in total. The number of carbonyl (C=O) groups excluding carboxylic acids is 2. The molecule has 9 heteroatoms. The Morgan fingerprint density at radius 2 is 2.16 bits per heavy atom. The Labute approximate surface area is 189 Å². The second kappa shape index (κ2) is 7.94. The van der Waals surface area contributed by atoms with Gasteiger partial charge >= 0.3 is 0 Å². The Balaban J connectivity index is 1.35. The summed E-state index contributed by atoms with van der Waals surface area (Å²) in [5.41, 5.74) is 3.09. The van der Waals surface area contributed by atoms with Crippen molar-refractivity contribution in [3.8, 4) is 0 Å². The minimum atomic E-state index is -0.521. The van der Waals surface area contributed by atoms with Crippen LogP contribution in [0.1, 0.15) is 34.3 Å². The van der Waals surface area contributed by atoms with E-state index < -0.39 is 5.82 Å². The number of rotatable bonds is 4. The van der Waals surface area contributed by atoms with Crippen molar-refractivity contribution in [2.45, 2.75) is 19.4 Å². The van der Waals surface area contributed by atoms with E-state index in [0.29, 0.717) is 10.6 Å². The Hall–Kier alpha value is -3.39. The number of benzene rings is 1. The Kier molecular flexibility index (Phi) is 5.09. The summed E-state index contributed by atoms with van der Waals surface area (Å²) < 4.78 is 16.3. The summed E-state index contributed by atoms with van der Waals surface area (Å²) in [4.78, 5) is 26.4. The van der Waals surface area contributed by atoms with Crippen LogP contribution in [0.15, 0.2) is 53.5 Å². The van der Waals surface area contributed by atoms with Gasteiger partial charge in [0.1, 0.15) is 11.6 Å². The zero-order valence-electron chi connectivity index (χ0n) is 17.4. The molecule has 0 bridgehead atoms. The Bertz CT molecular complexity index is 1220. The average Bonchev–Trinajstić information content (AvgIpc) is 3.59. The molecule has 32 heavy (non-hydrogen) atoms. The van der Waals surface area contributed by atoms with Crippen molar-refractivity contribution in [3.63, 3.8) is 0 Å². The maximum absolute atomic E-state index is 14.6. The second-order valence-corrected chi connectivity index (χ2v) is 8.51. The SMILES string of the molecule is Cn1ncc2c1NC=C(Cl)C1=C2CN(C(=O)c2ccc(CNC(=O)C3CC3)c(F)c2)C=C1. The first-order chi connectivity index (χ1) is 15.4. The van der Waals surface area contributed by atoms with E-state index >= 15 is 0 Å². The third kappa shape index (κ3) is 3.71. The summed E-state index contributed by atoms with van der Waals surface area (Å²) in [6.45, 7) is 0.382. The molecule has 3 aliphatic rings. The van der Waals surface area contributed by atoms with Crippen LogP contribution >= 0.6 is 11.6 Å². The van der Waals surface area contributed by atoms with Crippen LogP contribution in [0.2, 0.25) is 0 Å². The number of hydrogen-bond acceptors (Lipinski definition) is 4. The Morgan fingerprint density at radius 1 is 1.34 bits per heavy atom. The zero-order valence-corrected chi connectivity index (χ0v) is 18.1. The normalized spacial score (nSPS) is 17.2. The monoisotopic (exact) mass is 453 g/mol. The fourth-order valence-corrected chi connectivity index (χ4v) is 4.10. The molecular formula is C23H21ClFN5O2. The average molecular weight is 454 g/mol. The van der Waals surface area contributed by atoms with Crippen molar-refractivity contribution in [3.05, 3.63) is 76.0 Å². The molecule has 2 amide bonds. The van der Waals surface area contributed by atoms with E-state index in [1.807, 2.05) is 7.05 Å². The van der Waals surface area contributed by atoms with Crippen LogP contribution < -0.4 is 10.6 Å². The number of carbonyl (C=O) groups is 2. The minimum Gasteiger partial charge on any atom is -0.352 e. The van der Waals surface area contributed by atoms with Gasteiger partial charge in [-0.1, -0.05) is 17.7 Å². The first-order valence-corrected chi connectivity index (χ1v) is 10.7. The third-order valence-electron chi connectivity index (χ3n) is 5.89. The molecule has 164 valence electrons. The number of fused-ring (bicyclic) bond motifs is 2. The minimum absolute atomic E-state index is 0.0487. The molecule has 1 aromatic heterocycles. The van der Waals surface area contributed by atoms with Crippen LogP contribution in [0.4, 0.5) is 10.2 Å². The highest BCUT2D eigenvalue weighted by molar-refractivity contribution is 6.33. The van der Waals surface area contributed by atoms with Gasteiger partial charge < -0.3 is 15.5 Å². The van der Waals surface area contributed by atoms with Crippen molar-refractivity contribution in [2.75, 3.05) is 11.9 Å². The molecule has 0 atom stereocenters. The van der Waals surface area contributed by atoms with Crippen LogP contribution in [0.3, 0.4) is 0 Å². The number of hydrogen-bond donors (Lipinski definition) is 2. The maximum Gasteiger partial charge on any atom is 0.258 e. The van der Waals surface area contributed by atoms with Crippen LogP contribution in [-0.4, -0.2) is 33.0 Å². The summed E-state index contributed by atoms with van der Waals surface area (Å²) in [6.07, 6.45) is 8.63. The van der Waals surface area contributed by atoms with Gasteiger partial charge in [0.2, 0.25) is 5.91 Å². The van der Waals surface area contributed by atoms with Crippen LogP contribution in [-0.2, 0) is 18.4 Å². The lowest BCUT2D eigenvalue weighted by atomic mass is 9.98. The zero-order chi connectivity index (χ0) is 22.4. The van der Waals surface area contributed by atoms with Crippen molar-refractivity contribution >= 4 is 34.8 Å². The summed E-state index contributed by atoms with van der Waals surface area (Å²) in [7, 11) is 1.82. The highest BCUT2D eigenvalue weighted by atomic mass is 35.5. The molecule has 1 fully saturated rings. The molecule has 2 N–H and O–H groups in total. The number of nitrogens with one attached hydrogen (secondary N) is 2. The van der Waals surface area contributed by atoms with E-state index in [9.17, 15) is 14.0 Å². The smallest absolute Gasteiger partial charge is 0.258 e. The molecule has 0 radical (unpaired) electrons. The highest BCUT2D eigenvalue weighted by Gasteiger charge is 2.30.